The fourth-order valence-electron chi connectivity index (χ4n) is 3.54. The Balaban J connectivity index is 2.30. The molecule has 0 radical (unpaired) electrons. The molecule has 0 aromatic heterocycles. The van der Waals surface area contributed by atoms with Crippen molar-refractivity contribution >= 4 is 11.6 Å². The lowest BCUT2D eigenvalue weighted by molar-refractivity contribution is -0.384. The first kappa shape index (κ1) is 26.0. The summed E-state index contributed by atoms with van der Waals surface area (Å²) in [5.74, 6) is -0.291. The quantitative estimate of drug-likeness (QED) is 0.142. The summed E-state index contributed by atoms with van der Waals surface area (Å²) in [6, 6.07) is 5.34. The SMILES string of the molecule is CCCCCCCCCCCCCC(=O)NC(O)(CCO)c1ccc([N+](=O)[O-])cc1. The molecule has 1 rings (SSSR count). The van der Waals surface area contributed by atoms with Gasteiger partial charge in [-0.15, -0.1) is 0 Å². The van der Waals surface area contributed by atoms with E-state index in [1.54, 1.807) is 0 Å². The number of nitro benzene ring substituents is 1. The largest absolute Gasteiger partial charge is 0.396 e. The molecule has 3 N–H and O–H groups in total. The highest BCUT2D eigenvalue weighted by Crippen LogP contribution is 2.24. The smallest absolute Gasteiger partial charge is 0.269 e. The van der Waals surface area contributed by atoms with Gasteiger partial charge in [-0.05, 0) is 18.6 Å². The molecule has 1 aromatic rings. The Hall–Kier alpha value is -1.99. The number of aliphatic hydroxyl groups is 2. The fourth-order valence-corrected chi connectivity index (χ4v) is 3.54. The lowest BCUT2D eigenvalue weighted by Crippen LogP contribution is -2.46. The molecule has 0 spiro atoms. The van der Waals surface area contributed by atoms with Crippen molar-refractivity contribution in [1.29, 1.82) is 0 Å². The number of hydrogen-bond donors (Lipinski definition) is 3. The van der Waals surface area contributed by atoms with Crippen molar-refractivity contribution < 1.29 is 19.9 Å². The lowest BCUT2D eigenvalue weighted by Gasteiger charge is -2.29. The summed E-state index contributed by atoms with van der Waals surface area (Å²) in [5, 5.41) is 33.4. The Labute approximate surface area is 180 Å². The minimum atomic E-state index is -1.74. The minimum Gasteiger partial charge on any atom is -0.396 e. The van der Waals surface area contributed by atoms with Crippen LogP contribution in [0.2, 0.25) is 0 Å². The highest BCUT2D eigenvalue weighted by atomic mass is 16.6. The zero-order chi connectivity index (χ0) is 22.2. The monoisotopic (exact) mass is 422 g/mol. The van der Waals surface area contributed by atoms with Crippen LogP contribution in [-0.2, 0) is 10.5 Å². The van der Waals surface area contributed by atoms with Gasteiger partial charge < -0.3 is 15.5 Å². The van der Waals surface area contributed by atoms with Crippen molar-refractivity contribution in [3.05, 3.63) is 39.9 Å². The fraction of sp³-hybridized carbons (Fsp3) is 0.696. The maximum atomic E-state index is 12.3. The molecule has 1 aromatic carbocycles. The number of hydrogen-bond acceptors (Lipinski definition) is 5. The highest BCUT2D eigenvalue weighted by molar-refractivity contribution is 5.76. The Morgan fingerprint density at radius 3 is 1.93 bits per heavy atom. The predicted molar refractivity (Wildman–Crippen MR) is 118 cm³/mol. The number of non-ortho nitro benzene ring substituents is 1. The van der Waals surface area contributed by atoms with Crippen LogP contribution in [0, 0.1) is 10.1 Å². The van der Waals surface area contributed by atoms with E-state index in [4.69, 9.17) is 0 Å². The van der Waals surface area contributed by atoms with Gasteiger partial charge in [0.1, 0.15) is 0 Å². The van der Waals surface area contributed by atoms with Gasteiger partial charge in [-0.1, -0.05) is 71.1 Å². The van der Waals surface area contributed by atoms with E-state index in [2.05, 4.69) is 12.2 Å². The Morgan fingerprint density at radius 1 is 0.967 bits per heavy atom. The van der Waals surface area contributed by atoms with E-state index in [1.807, 2.05) is 0 Å². The number of carbonyl (C=O) groups is 1. The molecule has 7 nitrogen and oxygen atoms in total. The maximum Gasteiger partial charge on any atom is 0.269 e. The molecule has 0 heterocycles. The van der Waals surface area contributed by atoms with Crippen molar-refractivity contribution in [3.63, 3.8) is 0 Å². The molecule has 170 valence electrons. The third-order valence-corrected chi connectivity index (χ3v) is 5.38. The first-order chi connectivity index (χ1) is 14.4. The zero-order valence-electron chi connectivity index (χ0n) is 18.3. The second kappa shape index (κ2) is 14.9. The number of unbranched alkanes of at least 4 members (excludes halogenated alkanes) is 10. The summed E-state index contributed by atoms with van der Waals surface area (Å²) in [6.45, 7) is 1.90. The van der Waals surface area contributed by atoms with E-state index in [0.29, 0.717) is 12.0 Å². The average molecular weight is 423 g/mol. The Kier molecular flexibility index (Phi) is 12.9. The van der Waals surface area contributed by atoms with Gasteiger partial charge in [-0.2, -0.15) is 0 Å². The molecule has 0 aliphatic carbocycles. The molecule has 0 saturated carbocycles. The maximum absolute atomic E-state index is 12.3. The standard InChI is InChI=1S/C23H38N2O5/c1-2-3-4-5-6-7-8-9-10-11-12-13-22(27)24-23(28,18-19-26)20-14-16-21(17-15-20)25(29)30/h14-17,26,28H,2-13,18-19H2,1H3,(H,24,27). The van der Waals surface area contributed by atoms with Crippen molar-refractivity contribution in [1.82, 2.24) is 5.32 Å². The highest BCUT2D eigenvalue weighted by Gasteiger charge is 2.31. The molecule has 0 aliphatic rings. The van der Waals surface area contributed by atoms with E-state index in [1.165, 1.54) is 75.6 Å². The molecule has 0 aliphatic heterocycles. The Bertz CT molecular complexity index is 621. The number of aliphatic hydroxyl groups excluding tert-OH is 1. The summed E-state index contributed by atoms with van der Waals surface area (Å²) in [4.78, 5) is 22.5. The van der Waals surface area contributed by atoms with Gasteiger partial charge in [0, 0.05) is 37.1 Å². The van der Waals surface area contributed by atoms with Crippen molar-refractivity contribution in [2.75, 3.05) is 6.61 Å². The van der Waals surface area contributed by atoms with Gasteiger partial charge in [-0.25, -0.2) is 0 Å². The van der Waals surface area contributed by atoms with Gasteiger partial charge >= 0.3 is 0 Å². The summed E-state index contributed by atoms with van der Waals surface area (Å²) in [6.07, 6.45) is 13.4. The first-order valence-electron chi connectivity index (χ1n) is 11.3. The van der Waals surface area contributed by atoms with Gasteiger partial charge in [0.15, 0.2) is 5.72 Å². The number of rotatable bonds is 17. The number of nitrogens with one attached hydrogen (secondary N) is 1. The van der Waals surface area contributed by atoms with Crippen molar-refractivity contribution in [3.8, 4) is 0 Å². The summed E-state index contributed by atoms with van der Waals surface area (Å²) in [7, 11) is 0. The molecule has 30 heavy (non-hydrogen) atoms. The normalized spacial score (nSPS) is 13.0. The third kappa shape index (κ3) is 10.2. The van der Waals surface area contributed by atoms with Gasteiger partial charge in [0.05, 0.1) is 4.92 Å². The topological polar surface area (TPSA) is 113 Å². The number of nitro groups is 1. The second-order valence-electron chi connectivity index (χ2n) is 7.97. The summed E-state index contributed by atoms with van der Waals surface area (Å²) < 4.78 is 0. The average Bonchev–Trinajstić information content (AvgIpc) is 2.72. The molecule has 0 saturated heterocycles. The van der Waals surface area contributed by atoms with Crippen LogP contribution in [0.25, 0.3) is 0 Å². The number of benzene rings is 1. The number of amides is 1. The van der Waals surface area contributed by atoms with Crippen LogP contribution in [0.1, 0.15) is 96.0 Å². The predicted octanol–water partition coefficient (Wildman–Crippen LogP) is 4.94. The van der Waals surface area contributed by atoms with Crippen molar-refractivity contribution in [2.24, 2.45) is 0 Å². The molecule has 7 heteroatoms. The van der Waals surface area contributed by atoms with E-state index in [0.717, 1.165) is 19.3 Å². The van der Waals surface area contributed by atoms with Crippen LogP contribution in [0.3, 0.4) is 0 Å². The van der Waals surface area contributed by atoms with Crippen molar-refractivity contribution in [2.45, 2.75) is 96.1 Å². The van der Waals surface area contributed by atoms with Crippen LogP contribution in [0.5, 0.6) is 0 Å². The molecule has 0 fully saturated rings. The van der Waals surface area contributed by atoms with Crippen LogP contribution in [0.15, 0.2) is 24.3 Å². The molecule has 1 amide bonds. The zero-order valence-corrected chi connectivity index (χ0v) is 18.3. The molecular weight excluding hydrogens is 384 g/mol. The van der Waals surface area contributed by atoms with Crippen LogP contribution < -0.4 is 5.32 Å². The lowest BCUT2D eigenvalue weighted by atomic mass is 9.98. The molecule has 1 atom stereocenters. The second-order valence-corrected chi connectivity index (χ2v) is 7.97. The first-order valence-corrected chi connectivity index (χ1v) is 11.3. The van der Waals surface area contributed by atoms with Gasteiger partial charge in [0.25, 0.3) is 5.69 Å². The minimum absolute atomic E-state index is 0.0885. The van der Waals surface area contributed by atoms with E-state index < -0.39 is 10.6 Å². The summed E-state index contributed by atoms with van der Waals surface area (Å²) in [5.41, 5.74) is -1.52. The van der Waals surface area contributed by atoms with Crippen LogP contribution in [0.4, 0.5) is 5.69 Å². The van der Waals surface area contributed by atoms with Gasteiger partial charge in [-0.3, -0.25) is 14.9 Å². The Morgan fingerprint density at radius 2 is 1.47 bits per heavy atom. The van der Waals surface area contributed by atoms with E-state index in [-0.39, 0.29) is 24.6 Å². The summed E-state index contributed by atoms with van der Waals surface area (Å²) >= 11 is 0. The van der Waals surface area contributed by atoms with E-state index in [9.17, 15) is 25.1 Å². The molecular formula is C23H38N2O5. The number of nitrogens with zero attached hydrogens (tertiary/aromatic N) is 1. The third-order valence-electron chi connectivity index (χ3n) is 5.38. The van der Waals surface area contributed by atoms with Crippen LogP contribution >= 0.6 is 0 Å². The van der Waals surface area contributed by atoms with E-state index >= 15 is 0 Å². The number of carbonyl (C=O) groups excluding carboxylic acids is 1. The van der Waals surface area contributed by atoms with Gasteiger partial charge in [0.2, 0.25) is 5.91 Å². The molecule has 0 bridgehead atoms. The molecule has 1 unspecified atom stereocenters. The van der Waals surface area contributed by atoms with Crippen LogP contribution in [-0.4, -0.2) is 27.7 Å².